The quantitative estimate of drug-likeness (QED) is 0.0913. The van der Waals surface area contributed by atoms with Crippen molar-refractivity contribution < 1.29 is 28.8 Å². The molecule has 0 spiro atoms. The number of imide groups is 1. The first-order chi connectivity index (χ1) is 19.2. The second-order valence-corrected chi connectivity index (χ2v) is 11.2. The number of hydroxylamine groups is 2. The predicted octanol–water partition coefficient (Wildman–Crippen LogP) is -0.253. The van der Waals surface area contributed by atoms with Gasteiger partial charge in [0.05, 0.1) is 6.04 Å². The maximum absolute atomic E-state index is 13.7. The van der Waals surface area contributed by atoms with E-state index in [2.05, 4.69) is 15.6 Å². The zero-order chi connectivity index (χ0) is 31.3. The van der Waals surface area contributed by atoms with Crippen LogP contribution >= 0.6 is 0 Å². The number of rotatable bonds is 16. The van der Waals surface area contributed by atoms with Gasteiger partial charge in [0.2, 0.25) is 17.7 Å². The molecule has 4 atom stereocenters. The van der Waals surface area contributed by atoms with E-state index >= 15 is 0 Å². The summed E-state index contributed by atoms with van der Waals surface area (Å²) in [5, 5.41) is 6.78. The van der Waals surface area contributed by atoms with Gasteiger partial charge in [-0.05, 0) is 57.3 Å². The van der Waals surface area contributed by atoms with Crippen LogP contribution in [0, 0.1) is 11.8 Å². The molecule has 1 aliphatic heterocycles. The first kappa shape index (κ1) is 35.8. The molecule has 41 heavy (non-hydrogen) atoms. The second kappa shape index (κ2) is 17.5. The van der Waals surface area contributed by atoms with Crippen LogP contribution in [-0.2, 0) is 28.8 Å². The molecule has 0 aliphatic carbocycles. The lowest BCUT2D eigenvalue weighted by molar-refractivity contribution is -0.195. The summed E-state index contributed by atoms with van der Waals surface area (Å²) in [6.07, 6.45) is 2.27. The molecular weight excluding hydrogens is 532 g/mol. The fraction of sp³-hybridized carbons (Fsp3) is 0.778. The molecule has 1 saturated heterocycles. The highest BCUT2D eigenvalue weighted by Gasteiger charge is 2.40. The van der Waals surface area contributed by atoms with Crippen molar-refractivity contribution in [3.05, 3.63) is 0 Å². The summed E-state index contributed by atoms with van der Waals surface area (Å²) < 4.78 is 0. The van der Waals surface area contributed by atoms with Crippen molar-refractivity contribution >= 4 is 35.6 Å². The summed E-state index contributed by atoms with van der Waals surface area (Å²) in [5.41, 5.74) is 16.9. The number of nitrogens with zero attached hydrogens (tertiary/aromatic N) is 3. The third kappa shape index (κ3) is 12.4. The van der Waals surface area contributed by atoms with E-state index in [0.29, 0.717) is 38.6 Å². The van der Waals surface area contributed by atoms with E-state index in [9.17, 15) is 24.0 Å². The summed E-state index contributed by atoms with van der Waals surface area (Å²) in [7, 11) is 0. The molecule has 0 bridgehead atoms. The van der Waals surface area contributed by atoms with Crippen LogP contribution < -0.4 is 27.8 Å². The van der Waals surface area contributed by atoms with Gasteiger partial charge in [-0.25, -0.2) is 0 Å². The third-order valence-electron chi connectivity index (χ3n) is 6.54. The van der Waals surface area contributed by atoms with Crippen LogP contribution in [0.1, 0.15) is 80.1 Å². The number of carbonyl (C=O) groups is 5. The summed E-state index contributed by atoms with van der Waals surface area (Å²) in [4.78, 5) is 75.1. The zero-order valence-electron chi connectivity index (χ0n) is 25.4. The maximum atomic E-state index is 13.7. The number of nitrogens with two attached hydrogens (primary N) is 3. The smallest absolute Gasteiger partial charge is 0.322 e. The SMILES string of the molecule is CCN(C(=O)[C@H](CCCN=C(N)N)NC(=O)[C@H](CC(C)C)NC(=O)[C@@H](N)CC(C)C)C(=O)[C@@H]1CCCN1OC(C)=O. The number of nitrogens with one attached hydrogen (secondary N) is 2. The minimum Gasteiger partial charge on any atom is -0.370 e. The highest BCUT2D eigenvalue weighted by Crippen LogP contribution is 2.21. The van der Waals surface area contributed by atoms with Crippen molar-refractivity contribution in [2.24, 2.45) is 34.0 Å². The van der Waals surface area contributed by atoms with Crippen LogP contribution in [0.25, 0.3) is 0 Å². The van der Waals surface area contributed by atoms with E-state index in [1.807, 2.05) is 27.7 Å². The molecule has 1 heterocycles. The Morgan fingerprint density at radius 2 is 1.61 bits per heavy atom. The molecule has 4 amide bonds. The average Bonchev–Trinajstić information content (AvgIpc) is 3.32. The lowest BCUT2D eigenvalue weighted by Gasteiger charge is -2.31. The van der Waals surface area contributed by atoms with Crippen molar-refractivity contribution in [3.63, 3.8) is 0 Å². The second-order valence-electron chi connectivity index (χ2n) is 11.2. The van der Waals surface area contributed by atoms with E-state index in [1.165, 1.54) is 12.0 Å². The van der Waals surface area contributed by atoms with Gasteiger partial charge >= 0.3 is 5.97 Å². The maximum Gasteiger partial charge on any atom is 0.322 e. The van der Waals surface area contributed by atoms with Crippen molar-refractivity contribution in [1.82, 2.24) is 20.6 Å². The zero-order valence-corrected chi connectivity index (χ0v) is 25.4. The molecule has 1 aliphatic rings. The molecule has 0 radical (unpaired) electrons. The van der Waals surface area contributed by atoms with Gasteiger partial charge in [-0.3, -0.25) is 33.9 Å². The van der Waals surface area contributed by atoms with Crippen LogP contribution in [0.2, 0.25) is 0 Å². The van der Waals surface area contributed by atoms with Gasteiger partial charge in [-0.1, -0.05) is 27.7 Å². The van der Waals surface area contributed by atoms with Crippen molar-refractivity contribution in [2.45, 2.75) is 104 Å². The number of likely N-dealkylation sites (N-methyl/N-ethyl adjacent to an activating group) is 1. The monoisotopic (exact) mass is 582 g/mol. The fourth-order valence-corrected chi connectivity index (χ4v) is 4.68. The van der Waals surface area contributed by atoms with Crippen molar-refractivity contribution in [3.8, 4) is 0 Å². The number of carbonyl (C=O) groups excluding carboxylic acids is 5. The molecule has 0 unspecified atom stereocenters. The molecule has 1 rings (SSSR count). The summed E-state index contributed by atoms with van der Waals surface area (Å²) >= 11 is 0. The lowest BCUT2D eigenvalue weighted by Crippen LogP contribution is -2.58. The van der Waals surface area contributed by atoms with Crippen molar-refractivity contribution in [2.75, 3.05) is 19.6 Å². The Kier molecular flexibility index (Phi) is 15.3. The fourth-order valence-electron chi connectivity index (χ4n) is 4.68. The number of aliphatic imine (C=N–C) groups is 1. The molecule has 14 heteroatoms. The summed E-state index contributed by atoms with van der Waals surface area (Å²) in [6.45, 7) is 11.2. The van der Waals surface area contributed by atoms with E-state index in [1.54, 1.807) is 6.92 Å². The normalized spacial score (nSPS) is 17.4. The molecule has 0 saturated carbocycles. The molecule has 0 aromatic rings. The number of guanidine groups is 1. The van der Waals surface area contributed by atoms with Crippen LogP contribution in [-0.4, -0.2) is 89.3 Å². The van der Waals surface area contributed by atoms with Crippen LogP contribution in [0.3, 0.4) is 0 Å². The topological polar surface area (TPSA) is 216 Å². The molecule has 0 aromatic carbocycles. The highest BCUT2D eigenvalue weighted by atomic mass is 16.7. The standard InChI is InChI=1S/C27H50N8O6/c1-7-34(26(40)22-11-9-13-35(22)41-18(6)36)25(39)20(10-8-12-31-27(29)30)32-24(38)21(15-17(4)5)33-23(37)19(28)14-16(2)3/h16-17,19-22H,7-15,28H2,1-6H3,(H,32,38)(H,33,37)(H4,29,30,31)/t19-,20-,21-,22-/m0/s1. The van der Waals surface area contributed by atoms with E-state index < -0.39 is 53.8 Å². The van der Waals surface area contributed by atoms with Crippen LogP contribution in [0.5, 0.6) is 0 Å². The average molecular weight is 583 g/mol. The van der Waals surface area contributed by atoms with Gasteiger partial charge in [-0.15, -0.1) is 5.06 Å². The Bertz CT molecular complexity index is 937. The minimum absolute atomic E-state index is 0.0402. The van der Waals surface area contributed by atoms with Gasteiger partial charge in [0, 0.05) is 26.6 Å². The lowest BCUT2D eigenvalue weighted by atomic mass is 10.00. The van der Waals surface area contributed by atoms with E-state index in [-0.39, 0.29) is 37.3 Å². The van der Waals surface area contributed by atoms with Gasteiger partial charge in [0.25, 0.3) is 5.91 Å². The Balaban J connectivity index is 3.18. The molecule has 14 nitrogen and oxygen atoms in total. The molecule has 1 fully saturated rings. The Morgan fingerprint density at radius 3 is 2.15 bits per heavy atom. The third-order valence-corrected chi connectivity index (χ3v) is 6.54. The Morgan fingerprint density at radius 1 is 1.00 bits per heavy atom. The first-order valence-corrected chi connectivity index (χ1v) is 14.4. The predicted molar refractivity (Wildman–Crippen MR) is 155 cm³/mol. The van der Waals surface area contributed by atoms with Gasteiger partial charge in [-0.2, -0.15) is 0 Å². The van der Waals surface area contributed by atoms with E-state index in [4.69, 9.17) is 22.0 Å². The molecular formula is C27H50N8O6. The largest absolute Gasteiger partial charge is 0.370 e. The number of amides is 4. The minimum atomic E-state index is -1.10. The van der Waals surface area contributed by atoms with Crippen LogP contribution in [0.4, 0.5) is 0 Å². The first-order valence-electron chi connectivity index (χ1n) is 14.4. The highest BCUT2D eigenvalue weighted by molar-refractivity contribution is 6.02. The number of hydrogen-bond donors (Lipinski definition) is 5. The van der Waals surface area contributed by atoms with E-state index in [0.717, 1.165) is 4.90 Å². The van der Waals surface area contributed by atoms with Gasteiger partial charge in [0.15, 0.2) is 5.96 Å². The molecule has 0 aromatic heterocycles. The van der Waals surface area contributed by atoms with Crippen LogP contribution in [0.15, 0.2) is 4.99 Å². The molecule has 234 valence electrons. The summed E-state index contributed by atoms with van der Waals surface area (Å²) in [5.74, 6) is -2.58. The Hall–Kier alpha value is -3.26. The summed E-state index contributed by atoms with van der Waals surface area (Å²) in [6, 6.07) is -3.63. The Labute approximate surface area is 243 Å². The molecule has 8 N–H and O–H groups in total. The van der Waals surface area contributed by atoms with Gasteiger partial charge in [0.1, 0.15) is 18.1 Å². The number of hydrogen-bond acceptors (Lipinski definition) is 9. The van der Waals surface area contributed by atoms with Crippen molar-refractivity contribution in [1.29, 1.82) is 0 Å². The van der Waals surface area contributed by atoms with Gasteiger partial charge < -0.3 is 32.7 Å².